The van der Waals surface area contributed by atoms with Crippen LogP contribution in [0.1, 0.15) is 10.4 Å². The molecule has 0 atom stereocenters. The van der Waals surface area contributed by atoms with E-state index in [1.807, 2.05) is 0 Å². The van der Waals surface area contributed by atoms with Crippen molar-refractivity contribution in [1.82, 2.24) is 0 Å². The molecule has 3 aromatic rings. The summed E-state index contributed by atoms with van der Waals surface area (Å²) < 4.78 is 27.8. The summed E-state index contributed by atoms with van der Waals surface area (Å²) in [7, 11) is -3.82. The Hall–Kier alpha value is -2.38. The van der Waals surface area contributed by atoms with Crippen molar-refractivity contribution in [3.8, 4) is 0 Å². The smallest absolute Gasteiger partial charge is 0.339 e. The highest BCUT2D eigenvalue weighted by atomic mass is 32.2. The van der Waals surface area contributed by atoms with Crippen molar-refractivity contribution in [1.29, 1.82) is 0 Å². The molecule has 2 N–H and O–H groups in total. The third-order valence-electron chi connectivity index (χ3n) is 3.09. The van der Waals surface area contributed by atoms with E-state index in [1.165, 1.54) is 12.1 Å². The van der Waals surface area contributed by atoms with Crippen LogP contribution in [0.15, 0.2) is 59.5 Å². The summed E-state index contributed by atoms with van der Waals surface area (Å²) >= 11 is 1.10. The van der Waals surface area contributed by atoms with Crippen molar-refractivity contribution in [3.63, 3.8) is 0 Å². The molecule has 0 saturated carbocycles. The number of hydrogen-bond donors (Lipinski definition) is 2. The molecule has 1 aromatic heterocycles. The van der Waals surface area contributed by atoms with E-state index in [0.717, 1.165) is 11.3 Å². The molecule has 3 rings (SSSR count). The van der Waals surface area contributed by atoms with E-state index in [9.17, 15) is 18.3 Å². The minimum absolute atomic E-state index is 0.0277. The van der Waals surface area contributed by atoms with Gasteiger partial charge < -0.3 is 5.11 Å². The Morgan fingerprint density at radius 1 is 1.00 bits per heavy atom. The number of anilines is 1. The molecule has 0 aliphatic rings. The second-order valence-electron chi connectivity index (χ2n) is 4.53. The number of aromatic carboxylic acids is 1. The Kier molecular flexibility index (Phi) is 3.59. The van der Waals surface area contributed by atoms with E-state index in [4.69, 9.17) is 0 Å². The summed E-state index contributed by atoms with van der Waals surface area (Å²) in [5, 5.41) is 10.0. The van der Waals surface area contributed by atoms with Crippen molar-refractivity contribution in [2.75, 3.05) is 4.72 Å². The van der Waals surface area contributed by atoms with Gasteiger partial charge in [0, 0.05) is 10.1 Å². The summed E-state index contributed by atoms with van der Waals surface area (Å²) in [5.74, 6) is -1.16. The van der Waals surface area contributed by atoms with Crippen molar-refractivity contribution in [2.24, 2.45) is 0 Å². The molecule has 0 unspecified atom stereocenters. The van der Waals surface area contributed by atoms with Gasteiger partial charge in [0.25, 0.3) is 10.0 Å². The van der Waals surface area contributed by atoms with Crippen molar-refractivity contribution in [3.05, 3.63) is 60.2 Å². The molecule has 0 radical (unpaired) electrons. The Labute approximate surface area is 130 Å². The number of hydrogen-bond acceptors (Lipinski definition) is 4. The number of carboxylic acid groups (broad SMARTS) is 1. The van der Waals surface area contributed by atoms with Crippen molar-refractivity contribution in [2.45, 2.75) is 4.90 Å². The fourth-order valence-corrected chi connectivity index (χ4v) is 4.53. The van der Waals surface area contributed by atoms with Crippen LogP contribution in [0.3, 0.4) is 0 Å². The Morgan fingerprint density at radius 2 is 1.64 bits per heavy atom. The lowest BCUT2D eigenvalue weighted by molar-refractivity contribution is 0.0700. The monoisotopic (exact) mass is 333 g/mol. The molecule has 0 aliphatic heterocycles. The van der Waals surface area contributed by atoms with Crippen LogP contribution in [0.2, 0.25) is 0 Å². The van der Waals surface area contributed by atoms with E-state index in [1.54, 1.807) is 42.5 Å². The maximum absolute atomic E-state index is 12.4. The first-order valence-electron chi connectivity index (χ1n) is 6.32. The van der Waals surface area contributed by atoms with Gasteiger partial charge in [-0.2, -0.15) is 0 Å². The largest absolute Gasteiger partial charge is 0.478 e. The third kappa shape index (κ3) is 2.56. The third-order valence-corrected chi connectivity index (χ3v) is 5.67. The molecule has 0 aliphatic carbocycles. The standard InChI is InChI=1S/C15H11NO4S2/c17-15(18)13-11-8-4-5-9-12(11)21-14(13)16-22(19,20)10-6-2-1-3-7-10/h1-9,16H,(H,17,18). The summed E-state index contributed by atoms with van der Waals surface area (Å²) in [6.07, 6.45) is 0. The van der Waals surface area contributed by atoms with Crippen LogP contribution in [-0.4, -0.2) is 19.5 Å². The number of sulfonamides is 1. The highest BCUT2D eigenvalue weighted by Crippen LogP contribution is 2.36. The summed E-state index contributed by atoms with van der Waals surface area (Å²) in [4.78, 5) is 11.6. The van der Waals surface area contributed by atoms with Gasteiger partial charge in [0.2, 0.25) is 0 Å². The summed E-state index contributed by atoms with van der Waals surface area (Å²) in [6.45, 7) is 0. The van der Waals surface area contributed by atoms with Crippen LogP contribution in [0.25, 0.3) is 10.1 Å². The Morgan fingerprint density at radius 3 is 2.32 bits per heavy atom. The molecule has 0 amide bonds. The van der Waals surface area contributed by atoms with Gasteiger partial charge in [-0.15, -0.1) is 11.3 Å². The fraction of sp³-hybridized carbons (Fsp3) is 0. The normalized spacial score (nSPS) is 11.5. The van der Waals surface area contributed by atoms with Gasteiger partial charge in [0.05, 0.1) is 4.90 Å². The zero-order chi connectivity index (χ0) is 15.7. The summed E-state index contributed by atoms with van der Waals surface area (Å²) in [6, 6.07) is 14.8. The molecule has 7 heteroatoms. The zero-order valence-corrected chi connectivity index (χ0v) is 12.8. The average Bonchev–Trinajstić information content (AvgIpc) is 2.85. The first kappa shape index (κ1) is 14.6. The first-order chi connectivity index (χ1) is 10.5. The minimum atomic E-state index is -3.82. The average molecular weight is 333 g/mol. The number of thiophene rings is 1. The van der Waals surface area contributed by atoms with Gasteiger partial charge >= 0.3 is 5.97 Å². The van der Waals surface area contributed by atoms with E-state index >= 15 is 0 Å². The molecule has 0 saturated heterocycles. The van der Waals surface area contributed by atoms with Crippen LogP contribution in [0.4, 0.5) is 5.00 Å². The van der Waals surface area contributed by atoms with Crippen LogP contribution in [0, 0.1) is 0 Å². The zero-order valence-electron chi connectivity index (χ0n) is 11.2. The number of rotatable bonds is 4. The molecule has 5 nitrogen and oxygen atoms in total. The van der Waals surface area contributed by atoms with E-state index in [0.29, 0.717) is 10.1 Å². The van der Waals surface area contributed by atoms with Gasteiger partial charge in [-0.05, 0) is 18.2 Å². The molecule has 1 heterocycles. The van der Waals surface area contributed by atoms with Crippen LogP contribution in [0.5, 0.6) is 0 Å². The minimum Gasteiger partial charge on any atom is -0.478 e. The highest BCUT2D eigenvalue weighted by Gasteiger charge is 2.22. The second kappa shape index (κ2) is 5.43. The lowest BCUT2D eigenvalue weighted by Gasteiger charge is -2.07. The predicted molar refractivity (Wildman–Crippen MR) is 86.0 cm³/mol. The van der Waals surface area contributed by atoms with E-state index < -0.39 is 16.0 Å². The molecule has 0 fully saturated rings. The van der Waals surface area contributed by atoms with E-state index in [2.05, 4.69) is 4.72 Å². The van der Waals surface area contributed by atoms with Gasteiger partial charge in [-0.3, -0.25) is 4.72 Å². The van der Waals surface area contributed by atoms with Gasteiger partial charge in [-0.1, -0.05) is 36.4 Å². The van der Waals surface area contributed by atoms with E-state index in [-0.39, 0.29) is 15.5 Å². The molecule has 112 valence electrons. The van der Waals surface area contributed by atoms with Crippen LogP contribution in [-0.2, 0) is 10.0 Å². The maximum Gasteiger partial charge on any atom is 0.339 e. The Bertz CT molecular complexity index is 946. The molecular formula is C15H11NO4S2. The van der Waals surface area contributed by atoms with Gasteiger partial charge in [0.1, 0.15) is 10.6 Å². The number of carbonyl (C=O) groups is 1. The molecule has 0 bridgehead atoms. The SMILES string of the molecule is O=C(O)c1c(NS(=O)(=O)c2ccccc2)sc2ccccc12. The molecular weight excluding hydrogens is 322 g/mol. The lowest BCUT2D eigenvalue weighted by atomic mass is 10.2. The second-order valence-corrected chi connectivity index (χ2v) is 7.26. The molecule has 2 aromatic carbocycles. The van der Waals surface area contributed by atoms with Crippen LogP contribution >= 0.6 is 11.3 Å². The molecule has 22 heavy (non-hydrogen) atoms. The van der Waals surface area contributed by atoms with Gasteiger partial charge in [0.15, 0.2) is 0 Å². The quantitative estimate of drug-likeness (QED) is 0.766. The fourth-order valence-electron chi connectivity index (χ4n) is 2.11. The number of carboxylic acids is 1. The first-order valence-corrected chi connectivity index (χ1v) is 8.62. The number of benzene rings is 2. The summed E-state index contributed by atoms with van der Waals surface area (Å²) in [5.41, 5.74) is -0.0277. The highest BCUT2D eigenvalue weighted by molar-refractivity contribution is 7.93. The van der Waals surface area contributed by atoms with Gasteiger partial charge in [-0.25, -0.2) is 13.2 Å². The number of nitrogens with one attached hydrogen (secondary N) is 1. The maximum atomic E-state index is 12.4. The number of fused-ring (bicyclic) bond motifs is 1. The van der Waals surface area contributed by atoms with Crippen molar-refractivity contribution >= 4 is 42.4 Å². The lowest BCUT2D eigenvalue weighted by Crippen LogP contribution is -2.14. The van der Waals surface area contributed by atoms with Crippen molar-refractivity contribution < 1.29 is 18.3 Å². The molecule has 0 spiro atoms. The topological polar surface area (TPSA) is 83.5 Å². The van der Waals surface area contributed by atoms with Crippen LogP contribution < -0.4 is 4.72 Å². The predicted octanol–water partition coefficient (Wildman–Crippen LogP) is 3.40. The Balaban J connectivity index is 2.12.